The largest absolute Gasteiger partial charge is 0.493 e. The number of rotatable bonds is 12. The van der Waals surface area contributed by atoms with Crippen LogP contribution in [0, 0.1) is 0 Å². The molecule has 1 heterocycles. The van der Waals surface area contributed by atoms with Gasteiger partial charge < -0.3 is 24.4 Å². The number of ether oxygens (including phenoxy) is 3. The Kier molecular flexibility index (Phi) is 10.2. The maximum Gasteiger partial charge on any atom is 0.243 e. The van der Waals surface area contributed by atoms with Crippen LogP contribution in [-0.4, -0.2) is 56.2 Å². The summed E-state index contributed by atoms with van der Waals surface area (Å²) in [5.74, 6) is 0.749. The predicted molar refractivity (Wildman–Crippen MR) is 151 cm³/mol. The minimum Gasteiger partial charge on any atom is -0.493 e. The second-order valence-electron chi connectivity index (χ2n) is 9.60. The lowest BCUT2D eigenvalue weighted by Gasteiger charge is -2.32. The van der Waals surface area contributed by atoms with E-state index in [1.165, 1.54) is 0 Å². The first kappa shape index (κ1) is 28.5. The van der Waals surface area contributed by atoms with E-state index in [1.54, 1.807) is 43.4 Å². The molecule has 3 aromatic rings. The molecule has 0 aromatic heterocycles. The van der Waals surface area contributed by atoms with Crippen molar-refractivity contribution in [2.45, 2.75) is 44.4 Å². The summed E-state index contributed by atoms with van der Waals surface area (Å²) in [6, 6.07) is 21.8. The molecule has 1 fully saturated rings. The van der Waals surface area contributed by atoms with Gasteiger partial charge in [0.1, 0.15) is 6.04 Å². The van der Waals surface area contributed by atoms with Gasteiger partial charge in [0.15, 0.2) is 11.5 Å². The molecule has 0 saturated carbocycles. The number of halogens is 1. The molecule has 1 aliphatic heterocycles. The normalized spacial score (nSPS) is 15.4. The van der Waals surface area contributed by atoms with Crippen LogP contribution in [0.25, 0.3) is 0 Å². The van der Waals surface area contributed by atoms with Crippen molar-refractivity contribution in [2.24, 2.45) is 0 Å². The van der Waals surface area contributed by atoms with Gasteiger partial charge in [-0.05, 0) is 53.8 Å². The van der Waals surface area contributed by atoms with Crippen LogP contribution in [0.5, 0.6) is 11.5 Å². The quantitative estimate of drug-likeness (QED) is 0.349. The van der Waals surface area contributed by atoms with E-state index in [0.717, 1.165) is 29.5 Å². The third-order valence-corrected chi connectivity index (χ3v) is 7.12. The van der Waals surface area contributed by atoms with Crippen molar-refractivity contribution in [3.05, 3.63) is 94.5 Å². The predicted octanol–water partition coefficient (Wildman–Crippen LogP) is 4.84. The lowest BCUT2D eigenvalue weighted by molar-refractivity contribution is -0.141. The smallest absolute Gasteiger partial charge is 0.243 e. The van der Waals surface area contributed by atoms with Gasteiger partial charge in [0, 0.05) is 31.1 Å². The van der Waals surface area contributed by atoms with E-state index in [-0.39, 0.29) is 30.9 Å². The van der Waals surface area contributed by atoms with E-state index in [2.05, 4.69) is 5.32 Å². The molecular weight excluding hydrogens is 516 g/mol. The van der Waals surface area contributed by atoms with Gasteiger partial charge in [-0.2, -0.15) is 0 Å². The molecule has 1 N–H and O–H groups in total. The highest BCUT2D eigenvalue weighted by Crippen LogP contribution is 2.28. The van der Waals surface area contributed by atoms with Crippen LogP contribution >= 0.6 is 11.6 Å². The monoisotopic (exact) mass is 550 g/mol. The van der Waals surface area contributed by atoms with Crippen LogP contribution in [0.4, 0.5) is 0 Å². The number of benzene rings is 3. The number of hydrogen-bond donors (Lipinski definition) is 1. The molecule has 0 bridgehead atoms. The zero-order chi connectivity index (χ0) is 27.6. The molecule has 0 radical (unpaired) electrons. The molecule has 7 nitrogen and oxygen atoms in total. The van der Waals surface area contributed by atoms with Crippen molar-refractivity contribution in [1.82, 2.24) is 10.2 Å². The molecule has 1 aliphatic rings. The SMILES string of the molecule is COc1ccc(CC(=O)N(Cc2ccc(Cl)cc2)[C@H](Cc2ccccc2)C(=O)NC[C@H]2CCCO2)cc1OC. The van der Waals surface area contributed by atoms with Gasteiger partial charge in [-0.3, -0.25) is 9.59 Å². The van der Waals surface area contributed by atoms with E-state index in [4.69, 9.17) is 25.8 Å². The third-order valence-electron chi connectivity index (χ3n) is 6.87. The molecule has 2 atom stereocenters. The van der Waals surface area contributed by atoms with Gasteiger partial charge in [0.25, 0.3) is 0 Å². The molecule has 3 aromatic carbocycles. The molecule has 0 spiro atoms. The first-order chi connectivity index (χ1) is 19.0. The highest BCUT2D eigenvalue weighted by Gasteiger charge is 2.31. The van der Waals surface area contributed by atoms with Crippen LogP contribution in [0.2, 0.25) is 5.02 Å². The molecule has 8 heteroatoms. The molecule has 39 heavy (non-hydrogen) atoms. The highest BCUT2D eigenvalue weighted by atomic mass is 35.5. The summed E-state index contributed by atoms with van der Waals surface area (Å²) in [5, 5.41) is 3.67. The van der Waals surface area contributed by atoms with Crippen molar-refractivity contribution < 1.29 is 23.8 Å². The topological polar surface area (TPSA) is 77.1 Å². The number of methoxy groups -OCH3 is 2. The lowest BCUT2D eigenvalue weighted by atomic mass is 10.0. The van der Waals surface area contributed by atoms with Gasteiger partial charge in [-0.25, -0.2) is 0 Å². The maximum atomic E-state index is 14.0. The van der Waals surface area contributed by atoms with Crippen molar-refractivity contribution in [2.75, 3.05) is 27.4 Å². The Morgan fingerprint density at radius 1 is 0.974 bits per heavy atom. The lowest BCUT2D eigenvalue weighted by Crippen LogP contribution is -2.52. The second kappa shape index (κ2) is 14.0. The van der Waals surface area contributed by atoms with Crippen molar-refractivity contribution in [3.63, 3.8) is 0 Å². The number of amides is 2. The van der Waals surface area contributed by atoms with Crippen LogP contribution in [0.1, 0.15) is 29.5 Å². The Labute approximate surface area is 235 Å². The fraction of sp³-hybridized carbons (Fsp3) is 0.355. The standard InChI is InChI=1S/C31H35ClN2O5/c1-37-28-15-12-24(18-29(28)38-2)19-30(35)34(21-23-10-13-25(32)14-11-23)27(17-22-7-4-3-5-8-22)31(36)33-20-26-9-6-16-39-26/h3-5,7-8,10-15,18,26-27H,6,9,16-17,19-21H2,1-2H3,(H,33,36)/t26-,27-/m1/s1. The van der Waals surface area contributed by atoms with Crippen molar-refractivity contribution in [3.8, 4) is 11.5 Å². The number of carbonyl (C=O) groups is 2. The highest BCUT2D eigenvalue weighted by molar-refractivity contribution is 6.30. The molecule has 0 aliphatic carbocycles. The fourth-order valence-corrected chi connectivity index (χ4v) is 4.87. The number of nitrogens with one attached hydrogen (secondary N) is 1. The minimum absolute atomic E-state index is 0.00138. The average Bonchev–Trinajstić information content (AvgIpc) is 3.49. The van der Waals surface area contributed by atoms with Crippen molar-refractivity contribution in [1.29, 1.82) is 0 Å². The van der Waals surface area contributed by atoms with Crippen LogP contribution in [0.15, 0.2) is 72.8 Å². The number of hydrogen-bond acceptors (Lipinski definition) is 5. The summed E-state index contributed by atoms with van der Waals surface area (Å²) in [6.07, 6.45) is 2.37. The van der Waals surface area contributed by atoms with Gasteiger partial charge in [-0.15, -0.1) is 0 Å². The summed E-state index contributed by atoms with van der Waals surface area (Å²) in [4.78, 5) is 29.3. The zero-order valence-electron chi connectivity index (χ0n) is 22.4. The van der Waals surface area contributed by atoms with Crippen molar-refractivity contribution >= 4 is 23.4 Å². The zero-order valence-corrected chi connectivity index (χ0v) is 23.2. The van der Waals surface area contributed by atoms with Gasteiger partial charge >= 0.3 is 0 Å². The number of nitrogens with zero attached hydrogens (tertiary/aromatic N) is 1. The third kappa shape index (κ3) is 7.97. The molecule has 0 unspecified atom stereocenters. The van der Waals surface area contributed by atoms with Crippen LogP contribution < -0.4 is 14.8 Å². The van der Waals surface area contributed by atoms with Crippen LogP contribution in [0.3, 0.4) is 0 Å². The minimum atomic E-state index is -0.725. The maximum absolute atomic E-state index is 14.0. The Bertz CT molecular complexity index is 1230. The van der Waals surface area contributed by atoms with Gasteiger partial charge in [0.2, 0.25) is 11.8 Å². The van der Waals surface area contributed by atoms with Gasteiger partial charge in [-0.1, -0.05) is 60.1 Å². The first-order valence-corrected chi connectivity index (χ1v) is 13.5. The Hall–Kier alpha value is -3.55. The second-order valence-corrected chi connectivity index (χ2v) is 10.0. The van der Waals surface area contributed by atoms with E-state index < -0.39 is 6.04 Å². The Morgan fingerprint density at radius 3 is 2.36 bits per heavy atom. The molecular formula is C31H35ClN2O5. The van der Waals surface area contributed by atoms with E-state index in [9.17, 15) is 9.59 Å². The fourth-order valence-electron chi connectivity index (χ4n) is 4.74. The summed E-state index contributed by atoms with van der Waals surface area (Å²) >= 11 is 6.12. The summed E-state index contributed by atoms with van der Waals surface area (Å²) < 4.78 is 16.5. The van der Waals surface area contributed by atoms with Crippen LogP contribution in [-0.2, 0) is 33.7 Å². The summed E-state index contributed by atoms with van der Waals surface area (Å²) in [7, 11) is 3.13. The van der Waals surface area contributed by atoms with E-state index in [0.29, 0.717) is 36.1 Å². The van der Waals surface area contributed by atoms with E-state index in [1.807, 2.05) is 48.5 Å². The summed E-state index contributed by atoms with van der Waals surface area (Å²) in [5.41, 5.74) is 2.61. The molecule has 206 valence electrons. The first-order valence-electron chi connectivity index (χ1n) is 13.1. The Morgan fingerprint density at radius 2 is 1.69 bits per heavy atom. The summed E-state index contributed by atoms with van der Waals surface area (Å²) in [6.45, 7) is 1.39. The Balaban J connectivity index is 1.63. The molecule has 4 rings (SSSR count). The van der Waals surface area contributed by atoms with E-state index >= 15 is 0 Å². The van der Waals surface area contributed by atoms with Gasteiger partial charge in [0.05, 0.1) is 26.7 Å². The average molecular weight is 551 g/mol. The number of carbonyl (C=O) groups excluding carboxylic acids is 2. The molecule has 2 amide bonds. The molecule has 1 saturated heterocycles.